The molecule has 0 nitrogen and oxygen atoms in total. The average Bonchev–Trinajstić information content (AvgIpc) is 2.71. The van der Waals surface area contributed by atoms with Crippen LogP contribution in [0.2, 0.25) is 0 Å². The first-order valence-corrected chi connectivity index (χ1v) is 5.82. The van der Waals surface area contributed by atoms with Gasteiger partial charge in [-0.25, -0.2) is 0 Å². The van der Waals surface area contributed by atoms with Crippen molar-refractivity contribution in [2.24, 2.45) is 5.92 Å². The maximum atomic E-state index is 2.20. The van der Waals surface area contributed by atoms with Gasteiger partial charge in [0.05, 0.1) is 0 Å². The van der Waals surface area contributed by atoms with Crippen molar-refractivity contribution in [2.75, 3.05) is 12.0 Å². The van der Waals surface area contributed by atoms with Crippen LogP contribution in [0.3, 0.4) is 0 Å². The summed E-state index contributed by atoms with van der Waals surface area (Å²) in [5, 5.41) is 0. The molecule has 1 aliphatic rings. The summed E-state index contributed by atoms with van der Waals surface area (Å²) in [7, 11) is 0. The van der Waals surface area contributed by atoms with Crippen LogP contribution in [-0.2, 0) is 0 Å². The molecule has 0 radical (unpaired) electrons. The number of thioether (sulfide) groups is 1. The zero-order valence-electron chi connectivity index (χ0n) is 6.94. The van der Waals surface area contributed by atoms with Gasteiger partial charge in [0, 0.05) is 0 Å². The molecule has 1 aliphatic carbocycles. The summed E-state index contributed by atoms with van der Waals surface area (Å²) in [4.78, 5) is 0. The lowest BCUT2D eigenvalue weighted by Gasteiger charge is -1.97. The standard InChI is InChI=1S/C9H18S/c1-10-8-4-2-3-5-9-6-7-9/h9H,2-8H2,1H3. The molecule has 1 rings (SSSR count). The molecule has 0 aromatic heterocycles. The van der Waals surface area contributed by atoms with Crippen molar-refractivity contribution in [2.45, 2.75) is 38.5 Å². The molecule has 0 atom stereocenters. The summed E-state index contributed by atoms with van der Waals surface area (Å²) >= 11 is 1.98. The lowest BCUT2D eigenvalue weighted by Crippen LogP contribution is -1.81. The molecule has 0 aliphatic heterocycles. The predicted octanol–water partition coefficient (Wildman–Crippen LogP) is 3.32. The van der Waals surface area contributed by atoms with Crippen LogP contribution in [0.15, 0.2) is 0 Å². The molecule has 0 bridgehead atoms. The van der Waals surface area contributed by atoms with Crippen LogP contribution in [0.1, 0.15) is 38.5 Å². The molecular weight excluding hydrogens is 140 g/mol. The van der Waals surface area contributed by atoms with Crippen molar-refractivity contribution in [3.63, 3.8) is 0 Å². The van der Waals surface area contributed by atoms with Crippen LogP contribution in [-0.4, -0.2) is 12.0 Å². The number of unbranched alkanes of at least 4 members (excludes halogenated alkanes) is 2. The van der Waals surface area contributed by atoms with Crippen molar-refractivity contribution < 1.29 is 0 Å². The molecule has 1 fully saturated rings. The molecular formula is C9H18S. The highest BCUT2D eigenvalue weighted by molar-refractivity contribution is 7.98. The lowest BCUT2D eigenvalue weighted by molar-refractivity contribution is 0.623. The Hall–Kier alpha value is 0.350. The number of hydrogen-bond donors (Lipinski definition) is 0. The largest absolute Gasteiger partial charge is 0.165 e. The van der Waals surface area contributed by atoms with E-state index in [4.69, 9.17) is 0 Å². The first kappa shape index (κ1) is 8.45. The predicted molar refractivity (Wildman–Crippen MR) is 49.6 cm³/mol. The summed E-state index contributed by atoms with van der Waals surface area (Å²) in [6, 6.07) is 0. The second-order valence-corrected chi connectivity index (χ2v) is 4.27. The van der Waals surface area contributed by atoms with Gasteiger partial charge in [-0.3, -0.25) is 0 Å². The van der Waals surface area contributed by atoms with Crippen LogP contribution in [0.5, 0.6) is 0 Å². The average molecular weight is 158 g/mol. The molecule has 0 spiro atoms. The molecule has 0 heterocycles. The second-order valence-electron chi connectivity index (χ2n) is 3.29. The normalized spacial score (nSPS) is 17.7. The van der Waals surface area contributed by atoms with Gasteiger partial charge in [0.25, 0.3) is 0 Å². The monoisotopic (exact) mass is 158 g/mol. The Morgan fingerprint density at radius 1 is 1.20 bits per heavy atom. The topological polar surface area (TPSA) is 0 Å². The van der Waals surface area contributed by atoms with E-state index in [1.54, 1.807) is 0 Å². The molecule has 0 unspecified atom stereocenters. The quantitative estimate of drug-likeness (QED) is 0.534. The maximum Gasteiger partial charge on any atom is -0.00703 e. The molecule has 1 saturated carbocycles. The van der Waals surface area contributed by atoms with Gasteiger partial charge < -0.3 is 0 Å². The molecule has 10 heavy (non-hydrogen) atoms. The molecule has 0 aromatic carbocycles. The zero-order chi connectivity index (χ0) is 7.23. The summed E-state index contributed by atoms with van der Waals surface area (Å²) < 4.78 is 0. The van der Waals surface area contributed by atoms with Crippen molar-refractivity contribution >= 4 is 11.8 Å². The third kappa shape index (κ3) is 4.21. The van der Waals surface area contributed by atoms with Crippen LogP contribution in [0.4, 0.5) is 0 Å². The fraction of sp³-hybridized carbons (Fsp3) is 1.00. The SMILES string of the molecule is CSCCCCCC1CC1. The van der Waals surface area contributed by atoms with Crippen LogP contribution in [0.25, 0.3) is 0 Å². The van der Waals surface area contributed by atoms with Gasteiger partial charge in [0.1, 0.15) is 0 Å². The molecule has 0 saturated heterocycles. The molecule has 60 valence electrons. The van der Waals surface area contributed by atoms with E-state index in [2.05, 4.69) is 6.26 Å². The highest BCUT2D eigenvalue weighted by atomic mass is 32.2. The van der Waals surface area contributed by atoms with Crippen molar-refractivity contribution in [3.8, 4) is 0 Å². The highest BCUT2D eigenvalue weighted by Gasteiger charge is 2.19. The fourth-order valence-corrected chi connectivity index (χ4v) is 1.76. The van der Waals surface area contributed by atoms with Gasteiger partial charge in [-0.05, 0) is 24.3 Å². The molecule has 1 heteroatoms. The lowest BCUT2D eigenvalue weighted by atomic mass is 10.1. The molecule has 0 N–H and O–H groups in total. The van der Waals surface area contributed by atoms with Gasteiger partial charge in [0.2, 0.25) is 0 Å². The van der Waals surface area contributed by atoms with E-state index in [1.807, 2.05) is 11.8 Å². The highest BCUT2D eigenvalue weighted by Crippen LogP contribution is 2.33. The van der Waals surface area contributed by atoms with Gasteiger partial charge in [-0.15, -0.1) is 0 Å². The number of rotatable bonds is 6. The van der Waals surface area contributed by atoms with E-state index in [9.17, 15) is 0 Å². The Morgan fingerprint density at radius 2 is 2.00 bits per heavy atom. The van der Waals surface area contributed by atoms with Gasteiger partial charge >= 0.3 is 0 Å². The molecule has 0 amide bonds. The van der Waals surface area contributed by atoms with E-state index in [0.717, 1.165) is 5.92 Å². The summed E-state index contributed by atoms with van der Waals surface area (Å²) in [6.45, 7) is 0. The fourth-order valence-electron chi connectivity index (χ4n) is 1.26. The molecule has 0 aromatic rings. The van der Waals surface area contributed by atoms with E-state index < -0.39 is 0 Å². The Bertz CT molecular complexity index is 76.8. The van der Waals surface area contributed by atoms with Gasteiger partial charge in [-0.1, -0.05) is 32.1 Å². The number of hydrogen-bond acceptors (Lipinski definition) is 1. The van der Waals surface area contributed by atoms with Crippen molar-refractivity contribution in [1.29, 1.82) is 0 Å². The van der Waals surface area contributed by atoms with E-state index in [1.165, 1.54) is 44.3 Å². The zero-order valence-corrected chi connectivity index (χ0v) is 7.75. The third-order valence-corrected chi connectivity index (χ3v) is 2.85. The van der Waals surface area contributed by atoms with E-state index in [-0.39, 0.29) is 0 Å². The smallest absolute Gasteiger partial charge is 0.00703 e. The van der Waals surface area contributed by atoms with Gasteiger partial charge in [-0.2, -0.15) is 11.8 Å². The Kier molecular flexibility index (Phi) is 4.27. The van der Waals surface area contributed by atoms with Crippen molar-refractivity contribution in [1.82, 2.24) is 0 Å². The van der Waals surface area contributed by atoms with Crippen LogP contribution < -0.4 is 0 Å². The second kappa shape index (κ2) is 5.06. The minimum atomic E-state index is 1.15. The summed E-state index contributed by atoms with van der Waals surface area (Å²) in [6.07, 6.45) is 11.2. The summed E-state index contributed by atoms with van der Waals surface area (Å²) in [5.74, 6) is 2.51. The Morgan fingerprint density at radius 3 is 2.60 bits per heavy atom. The minimum Gasteiger partial charge on any atom is -0.165 e. The minimum absolute atomic E-state index is 1.15. The van der Waals surface area contributed by atoms with Crippen LogP contribution >= 0.6 is 11.8 Å². The Labute approximate surface area is 68.8 Å². The summed E-state index contributed by atoms with van der Waals surface area (Å²) in [5.41, 5.74) is 0. The Balaban J connectivity index is 1.68. The third-order valence-electron chi connectivity index (χ3n) is 2.16. The maximum absolute atomic E-state index is 2.20. The van der Waals surface area contributed by atoms with E-state index >= 15 is 0 Å². The van der Waals surface area contributed by atoms with Crippen LogP contribution in [0, 0.1) is 5.92 Å². The van der Waals surface area contributed by atoms with Crippen molar-refractivity contribution in [3.05, 3.63) is 0 Å². The van der Waals surface area contributed by atoms with E-state index in [0.29, 0.717) is 0 Å². The first-order chi connectivity index (χ1) is 4.93. The first-order valence-electron chi connectivity index (χ1n) is 4.42. The van der Waals surface area contributed by atoms with Gasteiger partial charge in [0.15, 0.2) is 0 Å².